The second kappa shape index (κ2) is 6.61. The monoisotopic (exact) mass is 339 g/mol. The van der Waals surface area contributed by atoms with Crippen molar-refractivity contribution in [1.29, 1.82) is 0 Å². The number of rotatable bonds is 4. The number of carbonyl (C=O) groups is 3. The van der Waals surface area contributed by atoms with Crippen molar-refractivity contribution in [2.75, 3.05) is 26.2 Å². The van der Waals surface area contributed by atoms with Crippen molar-refractivity contribution in [3.8, 4) is 0 Å². The Morgan fingerprint density at radius 1 is 1.17 bits per heavy atom. The highest BCUT2D eigenvalue weighted by Crippen LogP contribution is 2.22. The van der Waals surface area contributed by atoms with Gasteiger partial charge in [0.15, 0.2) is 0 Å². The molecule has 0 unspecified atom stereocenters. The molecule has 1 aromatic heterocycles. The molecule has 1 fully saturated rings. The zero-order valence-corrected chi connectivity index (χ0v) is 14.4. The van der Waals surface area contributed by atoms with Crippen LogP contribution < -0.4 is 5.73 Å². The topological polar surface area (TPSA) is 109 Å². The molecule has 0 radical (unpaired) electrons. The number of nitrogens with two attached hydrogens (primary N) is 1. The first-order valence-corrected chi connectivity index (χ1v) is 8.15. The lowest BCUT2D eigenvalue weighted by molar-refractivity contribution is -0.139. The minimum Gasteiger partial charge on any atom is -0.369 e. The van der Waals surface area contributed by atoms with Gasteiger partial charge >= 0.3 is 0 Å². The SMILES string of the molecule is Cc1nnsc1C(=O)N1CCN(C(=O)CC(C)(C)C(N)=O)CC1. The van der Waals surface area contributed by atoms with E-state index < -0.39 is 11.3 Å². The van der Waals surface area contributed by atoms with Crippen molar-refractivity contribution in [2.24, 2.45) is 11.1 Å². The predicted octanol–water partition coefficient (Wildman–Crippen LogP) is 0.0325. The van der Waals surface area contributed by atoms with E-state index in [1.165, 1.54) is 0 Å². The van der Waals surface area contributed by atoms with E-state index in [2.05, 4.69) is 9.59 Å². The predicted molar refractivity (Wildman–Crippen MR) is 84.7 cm³/mol. The molecule has 3 amide bonds. The first-order chi connectivity index (χ1) is 10.7. The van der Waals surface area contributed by atoms with Crippen LogP contribution in [0.5, 0.6) is 0 Å². The van der Waals surface area contributed by atoms with Gasteiger partial charge in [0.25, 0.3) is 5.91 Å². The van der Waals surface area contributed by atoms with Gasteiger partial charge in [-0.25, -0.2) is 0 Å². The van der Waals surface area contributed by atoms with Gasteiger partial charge in [-0.2, -0.15) is 0 Å². The summed E-state index contributed by atoms with van der Waals surface area (Å²) < 4.78 is 3.77. The van der Waals surface area contributed by atoms with Gasteiger partial charge in [-0.05, 0) is 18.5 Å². The molecule has 1 aliphatic rings. The molecule has 0 aromatic carbocycles. The van der Waals surface area contributed by atoms with Crippen LogP contribution in [-0.4, -0.2) is 63.3 Å². The van der Waals surface area contributed by atoms with Crippen LogP contribution in [0.2, 0.25) is 0 Å². The molecular weight excluding hydrogens is 318 g/mol. The number of hydrogen-bond acceptors (Lipinski definition) is 6. The fourth-order valence-corrected chi connectivity index (χ4v) is 2.93. The van der Waals surface area contributed by atoms with Gasteiger partial charge in [0, 0.05) is 32.6 Å². The summed E-state index contributed by atoms with van der Waals surface area (Å²) in [6.45, 7) is 6.88. The van der Waals surface area contributed by atoms with Crippen molar-refractivity contribution >= 4 is 29.3 Å². The summed E-state index contributed by atoms with van der Waals surface area (Å²) >= 11 is 1.09. The Balaban J connectivity index is 1.91. The van der Waals surface area contributed by atoms with Crippen LogP contribution in [0, 0.1) is 12.3 Å². The van der Waals surface area contributed by atoms with Gasteiger partial charge < -0.3 is 15.5 Å². The fourth-order valence-electron chi connectivity index (χ4n) is 2.31. The Morgan fingerprint density at radius 2 is 1.74 bits per heavy atom. The number of aryl methyl sites for hydroxylation is 1. The summed E-state index contributed by atoms with van der Waals surface area (Å²) in [6, 6.07) is 0. The van der Waals surface area contributed by atoms with Gasteiger partial charge in [-0.1, -0.05) is 18.3 Å². The largest absolute Gasteiger partial charge is 0.369 e. The number of carbonyl (C=O) groups excluding carboxylic acids is 3. The Bertz CT molecular complexity index is 620. The van der Waals surface area contributed by atoms with Gasteiger partial charge in [0.2, 0.25) is 11.8 Å². The normalized spacial score (nSPS) is 15.6. The number of nitrogens with zero attached hydrogens (tertiary/aromatic N) is 4. The Morgan fingerprint density at radius 3 is 2.22 bits per heavy atom. The second-order valence-corrected chi connectivity index (χ2v) is 7.04. The average Bonchev–Trinajstić information content (AvgIpc) is 2.92. The van der Waals surface area contributed by atoms with Crippen molar-refractivity contribution in [3.05, 3.63) is 10.6 Å². The number of primary amides is 1. The minimum atomic E-state index is -0.866. The first-order valence-electron chi connectivity index (χ1n) is 7.38. The van der Waals surface area contributed by atoms with Crippen LogP contribution in [0.3, 0.4) is 0 Å². The Labute approximate surface area is 138 Å². The highest BCUT2D eigenvalue weighted by atomic mass is 32.1. The van der Waals surface area contributed by atoms with Crippen LogP contribution in [0.15, 0.2) is 0 Å². The van der Waals surface area contributed by atoms with Crippen LogP contribution in [0.4, 0.5) is 0 Å². The fraction of sp³-hybridized carbons (Fsp3) is 0.643. The van der Waals surface area contributed by atoms with Crippen LogP contribution in [0.1, 0.15) is 35.6 Å². The van der Waals surface area contributed by atoms with E-state index >= 15 is 0 Å². The Hall–Kier alpha value is -2.03. The van der Waals surface area contributed by atoms with Gasteiger partial charge in [-0.15, -0.1) is 5.10 Å². The highest BCUT2D eigenvalue weighted by Gasteiger charge is 2.32. The quantitative estimate of drug-likeness (QED) is 0.832. The smallest absolute Gasteiger partial charge is 0.267 e. The molecule has 8 nitrogen and oxygen atoms in total. The zero-order valence-electron chi connectivity index (χ0n) is 13.5. The molecule has 1 aromatic rings. The van der Waals surface area contributed by atoms with E-state index in [0.717, 1.165) is 11.5 Å². The van der Waals surface area contributed by atoms with E-state index in [1.54, 1.807) is 30.6 Å². The molecule has 9 heteroatoms. The second-order valence-electron chi connectivity index (χ2n) is 6.29. The molecule has 0 atom stereocenters. The molecule has 126 valence electrons. The lowest BCUT2D eigenvalue weighted by Gasteiger charge is -2.35. The average molecular weight is 339 g/mol. The first kappa shape index (κ1) is 17.3. The summed E-state index contributed by atoms with van der Waals surface area (Å²) in [7, 11) is 0. The summed E-state index contributed by atoms with van der Waals surface area (Å²) in [4.78, 5) is 39.9. The van der Waals surface area contributed by atoms with Crippen LogP contribution in [0.25, 0.3) is 0 Å². The van der Waals surface area contributed by atoms with Crippen LogP contribution in [-0.2, 0) is 9.59 Å². The lowest BCUT2D eigenvalue weighted by Crippen LogP contribution is -2.51. The van der Waals surface area contributed by atoms with Crippen LogP contribution >= 0.6 is 11.5 Å². The van der Waals surface area contributed by atoms with E-state index in [-0.39, 0.29) is 18.2 Å². The third-order valence-corrected chi connectivity index (χ3v) is 4.84. The van der Waals surface area contributed by atoms with Crippen molar-refractivity contribution in [3.63, 3.8) is 0 Å². The third kappa shape index (κ3) is 3.84. The molecule has 1 aliphatic heterocycles. The Kier molecular flexibility index (Phi) is 4.98. The molecule has 0 saturated carbocycles. The standard InChI is InChI=1S/C14H21N5O3S/c1-9-11(23-17-16-9)12(21)19-6-4-18(5-7-19)10(20)8-14(2,3)13(15)22/h4-8H2,1-3H3,(H2,15,22). The maximum absolute atomic E-state index is 12.4. The van der Waals surface area contributed by atoms with Gasteiger partial charge in [0.05, 0.1) is 11.1 Å². The van der Waals surface area contributed by atoms with Crippen molar-refractivity contribution in [1.82, 2.24) is 19.4 Å². The van der Waals surface area contributed by atoms with E-state index in [9.17, 15) is 14.4 Å². The lowest BCUT2D eigenvalue weighted by atomic mass is 9.88. The molecule has 0 bridgehead atoms. The third-order valence-electron chi connectivity index (χ3n) is 4.03. The van der Waals surface area contributed by atoms with E-state index in [1.807, 2.05) is 0 Å². The number of hydrogen-bond donors (Lipinski definition) is 1. The summed E-state index contributed by atoms with van der Waals surface area (Å²) in [5.41, 5.74) is 5.07. The molecule has 0 spiro atoms. The summed E-state index contributed by atoms with van der Waals surface area (Å²) in [6.07, 6.45) is 0.0775. The number of amides is 3. The van der Waals surface area contributed by atoms with E-state index in [4.69, 9.17) is 5.73 Å². The molecule has 2 N–H and O–H groups in total. The summed E-state index contributed by atoms with van der Waals surface area (Å²) in [5.74, 6) is -0.702. The number of aromatic nitrogens is 2. The minimum absolute atomic E-state index is 0.0775. The molecule has 0 aliphatic carbocycles. The number of piperazine rings is 1. The highest BCUT2D eigenvalue weighted by molar-refractivity contribution is 7.07. The van der Waals surface area contributed by atoms with Gasteiger partial charge in [0.1, 0.15) is 4.88 Å². The molecule has 23 heavy (non-hydrogen) atoms. The van der Waals surface area contributed by atoms with Crippen molar-refractivity contribution in [2.45, 2.75) is 27.2 Å². The van der Waals surface area contributed by atoms with Gasteiger partial charge in [-0.3, -0.25) is 14.4 Å². The maximum Gasteiger partial charge on any atom is 0.267 e. The van der Waals surface area contributed by atoms with E-state index in [0.29, 0.717) is 36.8 Å². The van der Waals surface area contributed by atoms with Crippen molar-refractivity contribution < 1.29 is 14.4 Å². The maximum atomic E-state index is 12.4. The zero-order chi connectivity index (χ0) is 17.2. The molecule has 2 heterocycles. The molecular formula is C14H21N5O3S. The molecule has 2 rings (SSSR count). The summed E-state index contributed by atoms with van der Waals surface area (Å²) in [5, 5.41) is 3.85. The molecule has 1 saturated heterocycles.